The van der Waals surface area contributed by atoms with Crippen LogP contribution in [0, 0.1) is 0 Å². The molecule has 0 spiro atoms. The Balaban J connectivity index is -0.0000000483. The topological polar surface area (TPSA) is 143 Å². The average Bonchev–Trinajstić information content (AvgIpc) is 1.63. The molecule has 0 heterocycles. The number of hydrogen-bond donors (Lipinski definition) is 0. The van der Waals surface area contributed by atoms with E-state index in [4.69, 9.17) is 34.8 Å². The van der Waals surface area contributed by atoms with Crippen molar-refractivity contribution < 1.29 is 100 Å². The smallest absolute Gasteiger partial charge is 0.652 e. The van der Waals surface area contributed by atoms with Crippen LogP contribution in [0.3, 0.4) is 0 Å². The van der Waals surface area contributed by atoms with Gasteiger partial charge in [0.2, 0.25) is 0 Å². The molecule has 0 aliphatic carbocycles. The Kier molecular flexibility index (Phi) is 26.6. The molecule has 9 heteroatoms. The Bertz CT molecular complexity index is 139. The van der Waals surface area contributed by atoms with Crippen molar-refractivity contribution in [1.82, 2.24) is 0 Å². The molecule has 0 aromatic rings. The molecule has 0 saturated carbocycles. The van der Waals surface area contributed by atoms with E-state index in [1.54, 1.807) is 0 Å². The molecule has 0 atom stereocenters. The fourth-order valence-electron chi connectivity index (χ4n) is 0. The third kappa shape index (κ3) is 47.3. The number of aliphatic carboxylic acids is 2. The van der Waals surface area contributed by atoms with Gasteiger partial charge in [-0.05, 0) is 6.16 Å². The molecule has 0 fully saturated rings. The third-order valence-corrected chi connectivity index (χ3v) is 0.167. The summed E-state index contributed by atoms with van der Waals surface area (Å²) in [6.45, 7) is 0. The van der Waals surface area contributed by atoms with Gasteiger partial charge in [-0.3, -0.25) is 0 Å². The van der Waals surface area contributed by atoms with E-state index < -0.39 is 18.1 Å². The monoisotopic (exact) mass is 326 g/mol. The van der Waals surface area contributed by atoms with E-state index in [1.165, 1.54) is 0 Å². The first-order chi connectivity index (χ1) is 4.37. The summed E-state index contributed by atoms with van der Waals surface area (Å²) in [5, 5.41) is 34.5. The molecule has 0 unspecified atom stereocenters. The van der Waals surface area contributed by atoms with E-state index in [2.05, 4.69) is 0 Å². The summed E-state index contributed by atoms with van der Waals surface area (Å²) in [5.74, 6) is -4.37. The second kappa shape index (κ2) is 14.0. The average molecular weight is 326 g/mol. The van der Waals surface area contributed by atoms with Gasteiger partial charge < -0.3 is 34.8 Å². The van der Waals surface area contributed by atoms with Crippen LogP contribution in [-0.2, 0) is 75.0 Å². The minimum atomic E-state index is -2.33. The van der Waals surface area contributed by atoms with Gasteiger partial charge in [0.05, 0.1) is 11.9 Å². The summed E-state index contributed by atoms with van der Waals surface area (Å²) >= 11 is 0. The van der Waals surface area contributed by atoms with Crippen LogP contribution in [0.2, 0.25) is 0 Å². The number of rotatable bonds is 0. The van der Waals surface area contributed by atoms with E-state index in [0.29, 0.717) is 0 Å². The van der Waals surface area contributed by atoms with Crippen molar-refractivity contribution >= 4 is 18.1 Å². The number of carbonyl (C=O) groups is 3. The van der Waals surface area contributed by atoms with Crippen LogP contribution in [0.1, 0.15) is 0 Å². The molecule has 0 aromatic carbocycles. The van der Waals surface area contributed by atoms with Crippen molar-refractivity contribution in [2.45, 2.75) is 0 Å². The van der Waals surface area contributed by atoms with Gasteiger partial charge in [0, 0.05) is 0 Å². The maximum Gasteiger partial charge on any atom is 3.00 e. The summed E-state index contributed by atoms with van der Waals surface area (Å²) in [4.78, 5) is 26.2. The van der Waals surface area contributed by atoms with Crippen molar-refractivity contribution in [3.05, 3.63) is 0 Å². The molecule has 0 bridgehead atoms. The number of carbonyl (C=O) groups excluding carboxylic acids is 3. The van der Waals surface area contributed by atoms with Gasteiger partial charge in [-0.25, -0.2) is 0 Å². The van der Waals surface area contributed by atoms with Gasteiger partial charge in [-0.1, -0.05) is 0 Å². The van der Waals surface area contributed by atoms with Crippen LogP contribution in [0.25, 0.3) is 0 Å². The number of carboxylic acid groups (broad SMARTS) is 4. The summed E-state index contributed by atoms with van der Waals surface area (Å²) in [6, 6.07) is 0. The minimum Gasteiger partial charge on any atom is -0.652 e. The third-order valence-electron chi connectivity index (χ3n) is 0.167. The largest absolute Gasteiger partial charge is 3.00 e. The van der Waals surface area contributed by atoms with Gasteiger partial charge in [0.1, 0.15) is 0 Å². The Morgan fingerprint density at radius 3 is 0.750 bits per heavy atom. The molecule has 0 aromatic heterocycles. The van der Waals surface area contributed by atoms with Crippen LogP contribution >= 0.6 is 0 Å². The molecule has 0 aliphatic heterocycles. The Morgan fingerprint density at radius 1 is 0.667 bits per heavy atom. The first kappa shape index (κ1) is 22.8. The normalized spacial score (nSPS) is 5.67. The fourth-order valence-corrected chi connectivity index (χ4v) is 0. The van der Waals surface area contributed by atoms with Crippen molar-refractivity contribution in [1.29, 1.82) is 0 Å². The van der Waals surface area contributed by atoms with Gasteiger partial charge in [-0.2, -0.15) is 0 Å². The van der Waals surface area contributed by atoms with Crippen LogP contribution in [0.4, 0.5) is 4.79 Å². The number of carboxylic acids is 2. The summed E-state index contributed by atoms with van der Waals surface area (Å²) in [6.07, 6.45) is -2.33. The van der Waals surface area contributed by atoms with Crippen LogP contribution < -0.4 is 20.4 Å². The first-order valence-corrected chi connectivity index (χ1v) is 1.68. The Morgan fingerprint density at radius 2 is 0.750 bits per heavy atom. The van der Waals surface area contributed by atoms with Crippen LogP contribution in [0.5, 0.6) is 0 Å². The summed E-state index contributed by atoms with van der Waals surface area (Å²) in [5.41, 5.74) is 0. The Hall–Kier alpha value is 0.418. The molecule has 0 amide bonds. The van der Waals surface area contributed by atoms with E-state index >= 15 is 0 Å². The maximum absolute atomic E-state index is 8.93. The molecule has 0 saturated heterocycles. The molecule has 7 nitrogen and oxygen atoms in total. The van der Waals surface area contributed by atoms with Crippen LogP contribution in [0.15, 0.2) is 0 Å². The number of hydrogen-bond acceptors (Lipinski definition) is 7. The molecule has 0 radical (unpaired) electrons. The van der Waals surface area contributed by atoms with Gasteiger partial charge in [-0.15, -0.1) is 0 Å². The zero-order valence-electron chi connectivity index (χ0n) is 5.51. The molecule has 58 valence electrons. The Labute approximate surface area is 117 Å². The molecule has 0 rings (SSSR count). The first-order valence-electron chi connectivity index (χ1n) is 1.68. The zero-order valence-corrected chi connectivity index (χ0v) is 11.2. The SMILES string of the molecule is O=C([O-])C(=O)[O-].O=C([O-])[O-].[Y+3].[Y+3]. The van der Waals surface area contributed by atoms with Gasteiger partial charge in [0.15, 0.2) is 0 Å². The molecule has 12 heavy (non-hydrogen) atoms. The standard InChI is InChI=1S/C2H2O4.CH2O3.2Y/c3-1(4)2(5)6;2-1(3)4;;/h(H,3,4)(H,5,6);(H2,2,3,4);;/q;;2*+3/p-4. The zero-order chi connectivity index (χ0) is 8.73. The fraction of sp³-hybridized carbons (Fsp3) is 0. The second-order valence-corrected chi connectivity index (χ2v) is 0.825. The maximum atomic E-state index is 8.93. The van der Waals surface area contributed by atoms with Crippen LogP contribution in [-0.4, -0.2) is 18.1 Å². The van der Waals surface area contributed by atoms with Crippen molar-refractivity contribution in [2.75, 3.05) is 0 Å². The predicted molar refractivity (Wildman–Crippen MR) is 15.4 cm³/mol. The molecular weight excluding hydrogens is 326 g/mol. The van der Waals surface area contributed by atoms with Crippen molar-refractivity contribution in [2.24, 2.45) is 0 Å². The van der Waals surface area contributed by atoms with E-state index in [9.17, 15) is 0 Å². The van der Waals surface area contributed by atoms with E-state index in [1.807, 2.05) is 0 Å². The summed E-state index contributed by atoms with van der Waals surface area (Å²) < 4.78 is 0. The van der Waals surface area contributed by atoms with E-state index in [0.717, 1.165) is 0 Å². The second-order valence-electron chi connectivity index (χ2n) is 0.825. The molecule has 0 aliphatic rings. The van der Waals surface area contributed by atoms with E-state index in [-0.39, 0.29) is 65.4 Å². The molecular formula is C3O7Y2+2. The molecule has 0 N–H and O–H groups in total. The van der Waals surface area contributed by atoms with Gasteiger partial charge in [0.25, 0.3) is 0 Å². The summed E-state index contributed by atoms with van der Waals surface area (Å²) in [7, 11) is 0. The van der Waals surface area contributed by atoms with Crippen molar-refractivity contribution in [3.8, 4) is 0 Å². The quantitative estimate of drug-likeness (QED) is 0.403. The predicted octanol–water partition coefficient (Wildman–Crippen LogP) is -5.97. The van der Waals surface area contributed by atoms with Gasteiger partial charge >= 0.3 is 65.4 Å². The minimum absolute atomic E-state index is 0. The van der Waals surface area contributed by atoms with Crippen molar-refractivity contribution in [3.63, 3.8) is 0 Å².